The van der Waals surface area contributed by atoms with Crippen molar-refractivity contribution in [1.82, 2.24) is 9.29 Å². The number of aryl methyl sites for hydroxylation is 1. The molecule has 102 valence electrons. The molecule has 1 saturated carbocycles. The van der Waals surface area contributed by atoms with Gasteiger partial charge in [-0.1, -0.05) is 6.42 Å². The second-order valence-electron chi connectivity index (χ2n) is 5.08. The summed E-state index contributed by atoms with van der Waals surface area (Å²) in [7, 11) is -1.62. The molecule has 1 fully saturated rings. The fourth-order valence-corrected chi connectivity index (χ4v) is 3.68. The Hall–Kier alpha value is -0.850. The molecule has 18 heavy (non-hydrogen) atoms. The van der Waals surface area contributed by atoms with Crippen LogP contribution in [0.4, 0.5) is 0 Å². The Morgan fingerprint density at radius 3 is 2.67 bits per heavy atom. The molecule has 1 atom stereocenters. The van der Waals surface area contributed by atoms with E-state index >= 15 is 0 Å². The minimum absolute atomic E-state index is 0.00489. The number of nitrogens with zero attached hydrogens (tertiary/aromatic N) is 1. The molecule has 1 unspecified atom stereocenters. The van der Waals surface area contributed by atoms with Gasteiger partial charge in [-0.2, -0.15) is 0 Å². The summed E-state index contributed by atoms with van der Waals surface area (Å²) in [5.74, 6) is 0.484. The van der Waals surface area contributed by atoms with Gasteiger partial charge < -0.3 is 10.3 Å². The first-order valence-electron chi connectivity index (χ1n) is 6.31. The van der Waals surface area contributed by atoms with E-state index in [0.717, 1.165) is 18.5 Å². The van der Waals surface area contributed by atoms with E-state index in [-0.39, 0.29) is 6.04 Å². The standard InChI is InChI=1S/C12H21N3O2S/c1-9(10-4-3-5-10)14-18(16,17)12-6-11(7-13)15(2)8-12/h6,8-10,14H,3-5,7,13H2,1-2H3. The van der Waals surface area contributed by atoms with E-state index in [9.17, 15) is 8.42 Å². The lowest BCUT2D eigenvalue weighted by molar-refractivity contribution is 0.260. The molecule has 1 aromatic rings. The Bertz CT molecular complexity index is 517. The molecule has 1 aromatic heterocycles. The van der Waals surface area contributed by atoms with E-state index in [1.165, 1.54) is 6.42 Å². The molecular formula is C12H21N3O2S. The zero-order valence-electron chi connectivity index (χ0n) is 10.9. The first kappa shape index (κ1) is 13.6. The molecule has 5 nitrogen and oxygen atoms in total. The van der Waals surface area contributed by atoms with Gasteiger partial charge in [0.2, 0.25) is 10.0 Å². The molecule has 0 aromatic carbocycles. The molecule has 1 aliphatic carbocycles. The molecule has 1 aliphatic rings. The van der Waals surface area contributed by atoms with Crippen molar-refractivity contribution in [2.75, 3.05) is 0 Å². The van der Waals surface area contributed by atoms with Crippen molar-refractivity contribution in [1.29, 1.82) is 0 Å². The third kappa shape index (κ3) is 2.60. The van der Waals surface area contributed by atoms with Crippen LogP contribution in [0.2, 0.25) is 0 Å². The average Bonchev–Trinajstić information content (AvgIpc) is 2.56. The van der Waals surface area contributed by atoms with Crippen molar-refractivity contribution in [3.8, 4) is 0 Å². The van der Waals surface area contributed by atoms with Crippen LogP contribution in [-0.4, -0.2) is 19.0 Å². The Balaban J connectivity index is 2.13. The average molecular weight is 271 g/mol. The summed E-state index contributed by atoms with van der Waals surface area (Å²) in [5, 5.41) is 0. The van der Waals surface area contributed by atoms with Crippen LogP contribution < -0.4 is 10.5 Å². The molecule has 0 saturated heterocycles. The summed E-state index contributed by atoms with van der Waals surface area (Å²) in [6.07, 6.45) is 5.05. The lowest BCUT2D eigenvalue weighted by atomic mass is 9.81. The van der Waals surface area contributed by atoms with Gasteiger partial charge in [0, 0.05) is 31.5 Å². The van der Waals surface area contributed by atoms with Crippen LogP contribution in [-0.2, 0) is 23.6 Å². The molecule has 0 aliphatic heterocycles. The molecule has 0 spiro atoms. The summed E-state index contributed by atoms with van der Waals surface area (Å²) >= 11 is 0. The second-order valence-corrected chi connectivity index (χ2v) is 6.80. The minimum Gasteiger partial charge on any atom is -0.352 e. The summed E-state index contributed by atoms with van der Waals surface area (Å²) < 4.78 is 28.9. The van der Waals surface area contributed by atoms with E-state index in [0.29, 0.717) is 17.4 Å². The van der Waals surface area contributed by atoms with Gasteiger partial charge in [-0.05, 0) is 31.7 Å². The maximum absolute atomic E-state index is 12.2. The minimum atomic E-state index is -3.42. The number of rotatable bonds is 5. The number of hydrogen-bond donors (Lipinski definition) is 2. The van der Waals surface area contributed by atoms with Crippen molar-refractivity contribution in [3.05, 3.63) is 18.0 Å². The first-order valence-corrected chi connectivity index (χ1v) is 7.80. The van der Waals surface area contributed by atoms with Crippen molar-refractivity contribution in [2.45, 2.75) is 43.7 Å². The molecule has 2 rings (SSSR count). The highest BCUT2D eigenvalue weighted by molar-refractivity contribution is 7.89. The van der Waals surface area contributed by atoms with E-state index in [4.69, 9.17) is 5.73 Å². The van der Waals surface area contributed by atoms with Gasteiger partial charge in [0.25, 0.3) is 0 Å². The Morgan fingerprint density at radius 2 is 2.22 bits per heavy atom. The largest absolute Gasteiger partial charge is 0.352 e. The lowest BCUT2D eigenvalue weighted by Crippen LogP contribution is -2.40. The number of hydrogen-bond acceptors (Lipinski definition) is 3. The summed E-state index contributed by atoms with van der Waals surface area (Å²) in [4.78, 5) is 0.302. The van der Waals surface area contributed by atoms with Crippen LogP contribution in [0.1, 0.15) is 31.9 Å². The van der Waals surface area contributed by atoms with Gasteiger partial charge >= 0.3 is 0 Å². The molecule has 0 radical (unpaired) electrons. The highest BCUT2D eigenvalue weighted by Crippen LogP contribution is 2.30. The first-order chi connectivity index (χ1) is 8.44. The molecule has 6 heteroatoms. The number of nitrogens with two attached hydrogens (primary N) is 1. The summed E-state index contributed by atoms with van der Waals surface area (Å²) in [5.41, 5.74) is 6.36. The molecule has 3 N–H and O–H groups in total. The van der Waals surface area contributed by atoms with Gasteiger partial charge in [-0.15, -0.1) is 0 Å². The van der Waals surface area contributed by atoms with Crippen LogP contribution in [0.15, 0.2) is 17.2 Å². The second kappa shape index (κ2) is 5.03. The summed E-state index contributed by atoms with van der Waals surface area (Å²) in [6.45, 7) is 2.28. The van der Waals surface area contributed by atoms with Gasteiger partial charge in [0.15, 0.2) is 0 Å². The molecular weight excluding hydrogens is 250 g/mol. The van der Waals surface area contributed by atoms with E-state index in [1.807, 2.05) is 6.92 Å². The van der Waals surface area contributed by atoms with Gasteiger partial charge in [0.05, 0.1) is 4.90 Å². The van der Waals surface area contributed by atoms with Crippen LogP contribution in [0.5, 0.6) is 0 Å². The van der Waals surface area contributed by atoms with Crippen LogP contribution in [0.3, 0.4) is 0 Å². The Morgan fingerprint density at radius 1 is 1.56 bits per heavy atom. The van der Waals surface area contributed by atoms with Gasteiger partial charge in [0.1, 0.15) is 0 Å². The normalized spacial score (nSPS) is 18.6. The number of aromatic nitrogens is 1. The highest BCUT2D eigenvalue weighted by Gasteiger charge is 2.28. The predicted octanol–water partition coefficient (Wildman–Crippen LogP) is 0.951. The Labute approximate surface area is 108 Å². The molecule has 0 bridgehead atoms. The summed E-state index contributed by atoms with van der Waals surface area (Å²) in [6, 6.07) is 1.64. The zero-order chi connectivity index (χ0) is 13.3. The van der Waals surface area contributed by atoms with Crippen molar-refractivity contribution >= 4 is 10.0 Å². The van der Waals surface area contributed by atoms with Crippen molar-refractivity contribution in [2.24, 2.45) is 18.7 Å². The quantitative estimate of drug-likeness (QED) is 0.837. The molecule has 1 heterocycles. The maximum atomic E-state index is 12.2. The third-order valence-corrected chi connectivity index (χ3v) is 5.33. The third-order valence-electron chi connectivity index (χ3n) is 3.80. The van der Waals surface area contributed by atoms with Gasteiger partial charge in [-0.25, -0.2) is 13.1 Å². The van der Waals surface area contributed by atoms with Gasteiger partial charge in [-0.3, -0.25) is 0 Å². The van der Waals surface area contributed by atoms with Crippen molar-refractivity contribution in [3.63, 3.8) is 0 Å². The smallest absolute Gasteiger partial charge is 0.242 e. The predicted molar refractivity (Wildman–Crippen MR) is 70.4 cm³/mol. The number of nitrogens with one attached hydrogen (secondary N) is 1. The van der Waals surface area contributed by atoms with E-state index in [2.05, 4.69) is 4.72 Å². The van der Waals surface area contributed by atoms with Crippen molar-refractivity contribution < 1.29 is 8.42 Å². The monoisotopic (exact) mass is 271 g/mol. The van der Waals surface area contributed by atoms with Crippen LogP contribution in [0.25, 0.3) is 0 Å². The van der Waals surface area contributed by atoms with E-state index in [1.54, 1.807) is 23.9 Å². The fraction of sp³-hybridized carbons (Fsp3) is 0.667. The topological polar surface area (TPSA) is 77.1 Å². The van der Waals surface area contributed by atoms with Crippen LogP contribution in [0, 0.1) is 5.92 Å². The molecule has 0 amide bonds. The van der Waals surface area contributed by atoms with Crippen LogP contribution >= 0.6 is 0 Å². The lowest BCUT2D eigenvalue weighted by Gasteiger charge is -2.31. The highest BCUT2D eigenvalue weighted by atomic mass is 32.2. The number of sulfonamides is 1. The SMILES string of the molecule is CC(NS(=O)(=O)c1cc(CN)n(C)c1)C1CCC1. The zero-order valence-corrected chi connectivity index (χ0v) is 11.7. The Kier molecular flexibility index (Phi) is 3.79. The maximum Gasteiger partial charge on any atom is 0.242 e. The van der Waals surface area contributed by atoms with E-state index < -0.39 is 10.0 Å². The fourth-order valence-electron chi connectivity index (χ4n) is 2.28.